The van der Waals surface area contributed by atoms with E-state index in [4.69, 9.17) is 4.52 Å². The molecule has 102 valence electrons. The summed E-state index contributed by atoms with van der Waals surface area (Å²) >= 11 is 0. The van der Waals surface area contributed by atoms with E-state index in [1.165, 1.54) is 25.7 Å². The van der Waals surface area contributed by atoms with E-state index in [2.05, 4.69) is 15.5 Å². The van der Waals surface area contributed by atoms with Gasteiger partial charge in [-0.15, -0.1) is 0 Å². The first-order chi connectivity index (χ1) is 8.74. The van der Waals surface area contributed by atoms with Crippen LogP contribution in [0.1, 0.15) is 43.8 Å². The number of aromatic nitrogens is 2. The van der Waals surface area contributed by atoms with Crippen LogP contribution in [0.3, 0.4) is 0 Å². The predicted octanol–water partition coefficient (Wildman–Crippen LogP) is 1.45. The fourth-order valence-electron chi connectivity index (χ4n) is 2.63. The first kappa shape index (κ1) is 13.5. The zero-order valence-corrected chi connectivity index (χ0v) is 11.1. The van der Waals surface area contributed by atoms with Crippen molar-refractivity contribution in [2.24, 2.45) is 5.92 Å². The Hall–Kier alpha value is -0.940. The quantitative estimate of drug-likeness (QED) is 0.720. The molecule has 1 aliphatic rings. The maximum Gasteiger partial charge on any atom is 0.223 e. The van der Waals surface area contributed by atoms with Gasteiger partial charge in [0.05, 0.1) is 6.10 Å². The molecule has 18 heavy (non-hydrogen) atoms. The third-order valence-corrected chi connectivity index (χ3v) is 3.56. The normalized spacial score (nSPS) is 18.3. The van der Waals surface area contributed by atoms with Gasteiger partial charge in [-0.2, -0.15) is 4.98 Å². The van der Waals surface area contributed by atoms with Gasteiger partial charge in [0.1, 0.15) is 0 Å². The Bertz CT molecular complexity index is 348. The average molecular weight is 253 g/mol. The highest BCUT2D eigenvalue weighted by Gasteiger charge is 2.18. The standard InChI is InChI=1S/C13H23N3O2/c1-10-15-13(16-18-10)6-7-14-9-12(17)8-11-4-2-3-5-11/h11-12,14,17H,2-9H2,1H3. The number of aryl methyl sites for hydroxylation is 1. The maximum atomic E-state index is 9.90. The highest BCUT2D eigenvalue weighted by Crippen LogP contribution is 2.28. The van der Waals surface area contributed by atoms with Crippen molar-refractivity contribution in [3.63, 3.8) is 0 Å². The highest BCUT2D eigenvalue weighted by molar-refractivity contribution is 4.84. The molecule has 2 rings (SSSR count). The summed E-state index contributed by atoms with van der Waals surface area (Å²) < 4.78 is 4.89. The number of nitrogens with one attached hydrogen (secondary N) is 1. The van der Waals surface area contributed by atoms with Crippen LogP contribution in [0.2, 0.25) is 0 Å². The molecule has 1 aliphatic carbocycles. The molecule has 1 aromatic rings. The van der Waals surface area contributed by atoms with Crippen molar-refractivity contribution in [1.29, 1.82) is 0 Å². The fourth-order valence-corrected chi connectivity index (χ4v) is 2.63. The molecule has 5 nitrogen and oxygen atoms in total. The molecule has 0 spiro atoms. The Morgan fingerprint density at radius 1 is 1.44 bits per heavy atom. The van der Waals surface area contributed by atoms with Crippen molar-refractivity contribution in [2.45, 2.75) is 51.6 Å². The van der Waals surface area contributed by atoms with Gasteiger partial charge in [-0.05, 0) is 12.3 Å². The van der Waals surface area contributed by atoms with E-state index in [1.807, 2.05) is 0 Å². The molecule has 0 aliphatic heterocycles. The van der Waals surface area contributed by atoms with Gasteiger partial charge in [0.15, 0.2) is 5.82 Å². The van der Waals surface area contributed by atoms with Crippen molar-refractivity contribution >= 4 is 0 Å². The Morgan fingerprint density at radius 3 is 2.89 bits per heavy atom. The minimum absolute atomic E-state index is 0.222. The first-order valence-corrected chi connectivity index (χ1v) is 6.92. The maximum absolute atomic E-state index is 9.90. The molecule has 0 amide bonds. The molecule has 1 heterocycles. The molecule has 1 unspecified atom stereocenters. The first-order valence-electron chi connectivity index (χ1n) is 6.92. The lowest BCUT2D eigenvalue weighted by Gasteiger charge is -2.15. The summed E-state index contributed by atoms with van der Waals surface area (Å²) in [5.74, 6) is 2.07. The van der Waals surface area contributed by atoms with E-state index in [1.54, 1.807) is 6.92 Å². The van der Waals surface area contributed by atoms with Gasteiger partial charge in [0, 0.05) is 26.4 Å². The molecule has 1 aromatic heterocycles. The van der Waals surface area contributed by atoms with Gasteiger partial charge >= 0.3 is 0 Å². The van der Waals surface area contributed by atoms with Crippen LogP contribution < -0.4 is 5.32 Å². The highest BCUT2D eigenvalue weighted by atomic mass is 16.5. The SMILES string of the molecule is Cc1nc(CCNCC(O)CC2CCCC2)no1. The summed E-state index contributed by atoms with van der Waals surface area (Å²) in [5.41, 5.74) is 0. The second-order valence-corrected chi connectivity index (χ2v) is 5.22. The third-order valence-electron chi connectivity index (χ3n) is 3.56. The van der Waals surface area contributed by atoms with Gasteiger partial charge < -0.3 is 14.9 Å². The summed E-state index contributed by atoms with van der Waals surface area (Å²) in [6.45, 7) is 3.23. The van der Waals surface area contributed by atoms with Crippen molar-refractivity contribution in [1.82, 2.24) is 15.5 Å². The largest absolute Gasteiger partial charge is 0.392 e. The summed E-state index contributed by atoms with van der Waals surface area (Å²) in [6, 6.07) is 0. The fraction of sp³-hybridized carbons (Fsp3) is 0.846. The number of hydrogen-bond acceptors (Lipinski definition) is 5. The zero-order chi connectivity index (χ0) is 12.8. The monoisotopic (exact) mass is 253 g/mol. The molecule has 1 fully saturated rings. The Balaban J connectivity index is 1.54. The van der Waals surface area contributed by atoms with Crippen LogP contribution in [0, 0.1) is 12.8 Å². The van der Waals surface area contributed by atoms with Crippen molar-refractivity contribution in [3.8, 4) is 0 Å². The predicted molar refractivity (Wildman–Crippen MR) is 68.2 cm³/mol. The van der Waals surface area contributed by atoms with Gasteiger partial charge in [-0.25, -0.2) is 0 Å². The molecule has 0 saturated heterocycles. The second kappa shape index (κ2) is 6.85. The number of hydrogen-bond donors (Lipinski definition) is 2. The van der Waals surface area contributed by atoms with Crippen molar-refractivity contribution in [3.05, 3.63) is 11.7 Å². The van der Waals surface area contributed by atoms with E-state index < -0.39 is 0 Å². The van der Waals surface area contributed by atoms with E-state index in [9.17, 15) is 5.11 Å². The summed E-state index contributed by atoms with van der Waals surface area (Å²) in [5, 5.41) is 17.0. The summed E-state index contributed by atoms with van der Waals surface area (Å²) in [7, 11) is 0. The number of aliphatic hydroxyl groups excluding tert-OH is 1. The number of nitrogens with zero attached hydrogens (tertiary/aromatic N) is 2. The minimum Gasteiger partial charge on any atom is -0.392 e. The van der Waals surface area contributed by atoms with Crippen LogP contribution in [-0.4, -0.2) is 34.4 Å². The molecular formula is C13H23N3O2. The number of aliphatic hydroxyl groups is 1. The van der Waals surface area contributed by atoms with Gasteiger partial charge in [-0.3, -0.25) is 0 Å². The Kier molecular flexibility index (Phi) is 5.13. The molecule has 1 saturated carbocycles. The molecule has 0 bridgehead atoms. The Labute approximate surface area is 108 Å². The van der Waals surface area contributed by atoms with E-state index in [0.717, 1.165) is 31.1 Å². The van der Waals surface area contributed by atoms with E-state index >= 15 is 0 Å². The van der Waals surface area contributed by atoms with Crippen molar-refractivity contribution in [2.75, 3.05) is 13.1 Å². The van der Waals surface area contributed by atoms with E-state index in [0.29, 0.717) is 12.4 Å². The summed E-state index contributed by atoms with van der Waals surface area (Å²) in [6.07, 6.45) is 6.71. The molecule has 5 heteroatoms. The van der Waals surface area contributed by atoms with Crippen LogP contribution >= 0.6 is 0 Å². The van der Waals surface area contributed by atoms with Gasteiger partial charge in [0.25, 0.3) is 0 Å². The topological polar surface area (TPSA) is 71.2 Å². The van der Waals surface area contributed by atoms with E-state index in [-0.39, 0.29) is 6.10 Å². The van der Waals surface area contributed by atoms with Gasteiger partial charge in [-0.1, -0.05) is 30.8 Å². The lowest BCUT2D eigenvalue weighted by molar-refractivity contribution is 0.141. The lowest BCUT2D eigenvalue weighted by atomic mass is 10.0. The average Bonchev–Trinajstić information content (AvgIpc) is 2.96. The minimum atomic E-state index is -0.222. The van der Waals surface area contributed by atoms with Crippen molar-refractivity contribution < 1.29 is 9.63 Å². The smallest absolute Gasteiger partial charge is 0.223 e. The molecule has 1 atom stereocenters. The number of rotatable bonds is 7. The Morgan fingerprint density at radius 2 is 2.22 bits per heavy atom. The molecule has 2 N–H and O–H groups in total. The second-order valence-electron chi connectivity index (χ2n) is 5.22. The van der Waals surface area contributed by atoms with Crippen LogP contribution in [0.5, 0.6) is 0 Å². The van der Waals surface area contributed by atoms with Crippen LogP contribution in [0.4, 0.5) is 0 Å². The van der Waals surface area contributed by atoms with Crippen LogP contribution in [0.25, 0.3) is 0 Å². The van der Waals surface area contributed by atoms with Crippen LogP contribution in [0.15, 0.2) is 4.52 Å². The zero-order valence-electron chi connectivity index (χ0n) is 11.1. The molecule has 0 aromatic carbocycles. The molecule has 0 radical (unpaired) electrons. The molecular weight excluding hydrogens is 230 g/mol. The summed E-state index contributed by atoms with van der Waals surface area (Å²) in [4.78, 5) is 4.13. The third kappa shape index (κ3) is 4.38. The van der Waals surface area contributed by atoms with Gasteiger partial charge in [0.2, 0.25) is 5.89 Å². The van der Waals surface area contributed by atoms with Crippen LogP contribution in [-0.2, 0) is 6.42 Å². The lowest BCUT2D eigenvalue weighted by Crippen LogP contribution is -2.29.